The third-order valence-electron chi connectivity index (χ3n) is 3.66. The number of nitrogens with one attached hydrogen (secondary N) is 1. The Balaban J connectivity index is 2.13. The second-order valence-electron chi connectivity index (χ2n) is 5.00. The van der Waals surface area contributed by atoms with Crippen molar-refractivity contribution in [2.75, 3.05) is 19.1 Å². The van der Waals surface area contributed by atoms with E-state index in [1.54, 1.807) is 31.3 Å². The van der Waals surface area contributed by atoms with E-state index < -0.39 is 5.97 Å². The molecule has 1 aromatic carbocycles. The summed E-state index contributed by atoms with van der Waals surface area (Å²) in [6.07, 6.45) is 4.37. The zero-order chi connectivity index (χ0) is 14.5. The number of anilines is 1. The number of esters is 1. The standard InChI is InChI=1S/C15H20N2O3/c1-17(15(19)16-11-7-3-4-8-11)13-10-6-5-9-12(13)14(18)20-2/h5-6,9-11H,3-4,7-8H2,1-2H3,(H,16,19). The first-order valence-electron chi connectivity index (χ1n) is 6.85. The second kappa shape index (κ2) is 6.41. The molecule has 1 fully saturated rings. The molecule has 0 bridgehead atoms. The van der Waals surface area contributed by atoms with Gasteiger partial charge in [-0.25, -0.2) is 9.59 Å². The number of carbonyl (C=O) groups excluding carboxylic acids is 2. The highest BCUT2D eigenvalue weighted by Gasteiger charge is 2.22. The summed E-state index contributed by atoms with van der Waals surface area (Å²) < 4.78 is 4.74. The van der Waals surface area contributed by atoms with Crippen LogP contribution in [0.1, 0.15) is 36.0 Å². The van der Waals surface area contributed by atoms with Crippen molar-refractivity contribution in [3.05, 3.63) is 29.8 Å². The first-order chi connectivity index (χ1) is 9.63. The largest absolute Gasteiger partial charge is 0.465 e. The Labute approximate surface area is 118 Å². The van der Waals surface area contributed by atoms with E-state index in [2.05, 4.69) is 5.32 Å². The van der Waals surface area contributed by atoms with Crippen molar-refractivity contribution in [3.63, 3.8) is 0 Å². The summed E-state index contributed by atoms with van der Waals surface area (Å²) in [4.78, 5) is 25.4. The fraction of sp³-hybridized carbons (Fsp3) is 0.467. The lowest BCUT2D eigenvalue weighted by Crippen LogP contribution is -2.42. The molecule has 5 nitrogen and oxygen atoms in total. The summed E-state index contributed by atoms with van der Waals surface area (Å²) in [5.74, 6) is -0.443. The number of rotatable bonds is 3. The number of benzene rings is 1. The fourth-order valence-corrected chi connectivity index (χ4v) is 2.50. The van der Waals surface area contributed by atoms with Gasteiger partial charge in [0.15, 0.2) is 0 Å². The van der Waals surface area contributed by atoms with Gasteiger partial charge in [0.1, 0.15) is 0 Å². The van der Waals surface area contributed by atoms with Gasteiger partial charge in [-0.2, -0.15) is 0 Å². The average Bonchev–Trinajstić information content (AvgIpc) is 2.98. The molecule has 1 aliphatic rings. The molecule has 0 aliphatic heterocycles. The monoisotopic (exact) mass is 276 g/mol. The minimum absolute atomic E-state index is 0.187. The van der Waals surface area contributed by atoms with Crippen molar-refractivity contribution < 1.29 is 14.3 Å². The Morgan fingerprint density at radius 3 is 2.55 bits per heavy atom. The minimum Gasteiger partial charge on any atom is -0.465 e. The Morgan fingerprint density at radius 1 is 1.25 bits per heavy atom. The van der Waals surface area contributed by atoms with Crippen molar-refractivity contribution in [2.24, 2.45) is 0 Å². The molecule has 1 aliphatic carbocycles. The highest BCUT2D eigenvalue weighted by atomic mass is 16.5. The van der Waals surface area contributed by atoms with Crippen LogP contribution in [0.5, 0.6) is 0 Å². The van der Waals surface area contributed by atoms with Crippen molar-refractivity contribution in [1.82, 2.24) is 5.32 Å². The van der Waals surface area contributed by atoms with Crippen LogP contribution in [0.3, 0.4) is 0 Å². The number of amides is 2. The lowest BCUT2D eigenvalue weighted by molar-refractivity contribution is 0.0601. The molecule has 2 rings (SSSR count). The van der Waals surface area contributed by atoms with Crippen LogP contribution in [0.4, 0.5) is 10.5 Å². The van der Waals surface area contributed by atoms with Gasteiger partial charge in [0.2, 0.25) is 0 Å². The SMILES string of the molecule is COC(=O)c1ccccc1N(C)C(=O)NC1CCCC1. The zero-order valence-corrected chi connectivity index (χ0v) is 11.9. The normalized spacial score (nSPS) is 14.9. The average molecular weight is 276 g/mol. The molecule has 5 heteroatoms. The predicted molar refractivity (Wildman–Crippen MR) is 77.0 cm³/mol. The summed E-state index contributed by atoms with van der Waals surface area (Å²) in [7, 11) is 2.99. The van der Waals surface area contributed by atoms with E-state index >= 15 is 0 Å². The molecule has 0 heterocycles. The summed E-state index contributed by atoms with van der Waals surface area (Å²) in [5, 5.41) is 3.00. The van der Waals surface area contributed by atoms with Crippen LogP contribution in [0, 0.1) is 0 Å². The number of urea groups is 1. The molecular weight excluding hydrogens is 256 g/mol. The van der Waals surface area contributed by atoms with Gasteiger partial charge >= 0.3 is 12.0 Å². The molecule has 1 N–H and O–H groups in total. The van der Waals surface area contributed by atoms with Gasteiger partial charge in [0, 0.05) is 13.1 Å². The maximum absolute atomic E-state index is 12.2. The van der Waals surface area contributed by atoms with E-state index in [1.807, 2.05) is 0 Å². The Bertz CT molecular complexity index is 496. The number of para-hydroxylation sites is 1. The Kier molecular flexibility index (Phi) is 4.61. The van der Waals surface area contributed by atoms with Gasteiger partial charge in [-0.05, 0) is 25.0 Å². The Hall–Kier alpha value is -2.04. The highest BCUT2D eigenvalue weighted by Crippen LogP contribution is 2.22. The third kappa shape index (κ3) is 3.10. The molecule has 0 atom stereocenters. The molecular formula is C15H20N2O3. The number of ether oxygens (including phenoxy) is 1. The first-order valence-corrected chi connectivity index (χ1v) is 6.85. The quantitative estimate of drug-likeness (QED) is 0.863. The molecule has 2 amide bonds. The van der Waals surface area contributed by atoms with E-state index in [1.165, 1.54) is 12.0 Å². The fourth-order valence-electron chi connectivity index (χ4n) is 2.50. The van der Waals surface area contributed by atoms with Crippen molar-refractivity contribution in [3.8, 4) is 0 Å². The molecule has 0 aromatic heterocycles. The molecule has 1 saturated carbocycles. The number of hydrogen-bond donors (Lipinski definition) is 1. The van der Waals surface area contributed by atoms with E-state index in [0.717, 1.165) is 25.7 Å². The van der Waals surface area contributed by atoms with Gasteiger partial charge in [0.05, 0.1) is 18.4 Å². The second-order valence-corrected chi connectivity index (χ2v) is 5.00. The highest BCUT2D eigenvalue weighted by molar-refractivity contribution is 6.01. The van der Waals surface area contributed by atoms with Gasteiger partial charge in [-0.15, -0.1) is 0 Å². The lowest BCUT2D eigenvalue weighted by atomic mass is 10.1. The molecule has 0 unspecified atom stereocenters. The van der Waals surface area contributed by atoms with Crippen LogP contribution in [0.2, 0.25) is 0 Å². The van der Waals surface area contributed by atoms with Crippen molar-refractivity contribution >= 4 is 17.7 Å². The van der Waals surface area contributed by atoms with E-state index in [0.29, 0.717) is 11.3 Å². The maximum Gasteiger partial charge on any atom is 0.339 e. The maximum atomic E-state index is 12.2. The number of methoxy groups -OCH3 is 1. The van der Waals surface area contributed by atoms with Crippen LogP contribution in [-0.2, 0) is 4.74 Å². The molecule has 0 radical (unpaired) electrons. The smallest absolute Gasteiger partial charge is 0.339 e. The topological polar surface area (TPSA) is 58.6 Å². The molecule has 0 spiro atoms. The first kappa shape index (κ1) is 14.4. The van der Waals surface area contributed by atoms with Crippen LogP contribution >= 0.6 is 0 Å². The third-order valence-corrected chi connectivity index (χ3v) is 3.66. The number of nitrogens with zero attached hydrogens (tertiary/aromatic N) is 1. The van der Waals surface area contributed by atoms with Crippen LogP contribution in [0.15, 0.2) is 24.3 Å². The van der Waals surface area contributed by atoms with E-state index in [9.17, 15) is 9.59 Å². The van der Waals surface area contributed by atoms with Gasteiger partial charge in [-0.1, -0.05) is 25.0 Å². The van der Waals surface area contributed by atoms with Gasteiger partial charge < -0.3 is 10.1 Å². The summed E-state index contributed by atoms with van der Waals surface area (Å²) in [6.45, 7) is 0. The molecule has 0 saturated heterocycles. The summed E-state index contributed by atoms with van der Waals surface area (Å²) in [5.41, 5.74) is 0.939. The van der Waals surface area contributed by atoms with Crippen molar-refractivity contribution in [1.29, 1.82) is 0 Å². The van der Waals surface area contributed by atoms with E-state index in [-0.39, 0.29) is 12.1 Å². The van der Waals surface area contributed by atoms with Crippen LogP contribution in [0.25, 0.3) is 0 Å². The summed E-state index contributed by atoms with van der Waals surface area (Å²) >= 11 is 0. The van der Waals surface area contributed by atoms with Crippen LogP contribution in [-0.4, -0.2) is 32.2 Å². The predicted octanol–water partition coefficient (Wildman–Crippen LogP) is 2.56. The molecule has 20 heavy (non-hydrogen) atoms. The number of hydrogen-bond acceptors (Lipinski definition) is 3. The Morgan fingerprint density at radius 2 is 1.90 bits per heavy atom. The van der Waals surface area contributed by atoms with Crippen molar-refractivity contribution in [2.45, 2.75) is 31.7 Å². The minimum atomic E-state index is -0.443. The number of carbonyl (C=O) groups is 2. The lowest BCUT2D eigenvalue weighted by Gasteiger charge is -2.22. The van der Waals surface area contributed by atoms with Crippen LogP contribution < -0.4 is 10.2 Å². The molecule has 1 aromatic rings. The van der Waals surface area contributed by atoms with E-state index in [4.69, 9.17) is 4.74 Å². The molecule has 108 valence electrons. The van der Waals surface area contributed by atoms with Gasteiger partial charge in [0.25, 0.3) is 0 Å². The zero-order valence-electron chi connectivity index (χ0n) is 11.9. The summed E-state index contributed by atoms with van der Waals surface area (Å²) in [6, 6.07) is 6.99. The van der Waals surface area contributed by atoms with Gasteiger partial charge in [-0.3, -0.25) is 4.90 Å².